The molecule has 1 aliphatic rings. The van der Waals surface area contributed by atoms with Gasteiger partial charge in [0.15, 0.2) is 11.5 Å². The van der Waals surface area contributed by atoms with E-state index in [0.717, 1.165) is 16.9 Å². The second-order valence-corrected chi connectivity index (χ2v) is 8.25. The zero-order chi connectivity index (χ0) is 18.0. The van der Waals surface area contributed by atoms with E-state index in [1.165, 1.54) is 29.5 Å². The molecule has 7 nitrogen and oxygen atoms in total. The Bertz CT molecular complexity index is 905. The summed E-state index contributed by atoms with van der Waals surface area (Å²) in [6.07, 6.45) is 0.826. The highest BCUT2D eigenvalue weighted by Crippen LogP contribution is 2.32. The van der Waals surface area contributed by atoms with E-state index in [0.29, 0.717) is 29.6 Å². The normalized spacial score (nSPS) is 13.5. The topological polar surface area (TPSA) is 93.7 Å². The third-order valence-corrected chi connectivity index (χ3v) is 6.31. The molecule has 1 aromatic heterocycles. The maximum atomic E-state index is 12.4. The van der Waals surface area contributed by atoms with Gasteiger partial charge >= 0.3 is 0 Å². The molecule has 0 atom stereocenters. The molecule has 0 bridgehead atoms. The number of thiophene rings is 1. The van der Waals surface area contributed by atoms with Crippen molar-refractivity contribution in [2.75, 3.05) is 13.2 Å². The molecule has 1 amide bonds. The second-order valence-electron chi connectivity index (χ2n) is 5.44. The summed E-state index contributed by atoms with van der Waals surface area (Å²) in [5, 5.41) is 0. The molecule has 0 unspecified atom stereocenters. The Hall–Kier alpha value is -2.10. The van der Waals surface area contributed by atoms with E-state index >= 15 is 0 Å². The Labute approximate surface area is 150 Å². The Morgan fingerprint density at radius 1 is 1.20 bits per heavy atom. The standard InChI is InChI=1S/C16H18N2O5S2/c1-3-14-10(2)8-15(24-14)16(19)17-18-25(20,21)11-4-5-12-13(9-11)23-7-6-22-12/h4-5,8-9,18H,3,6-7H2,1-2H3,(H,17,19). The van der Waals surface area contributed by atoms with Crippen molar-refractivity contribution < 1.29 is 22.7 Å². The molecule has 0 aliphatic carbocycles. The van der Waals surface area contributed by atoms with Crippen LogP contribution in [0.1, 0.15) is 27.0 Å². The summed E-state index contributed by atoms with van der Waals surface area (Å²) in [6.45, 7) is 4.71. The largest absolute Gasteiger partial charge is 0.486 e. The van der Waals surface area contributed by atoms with Crippen molar-refractivity contribution in [3.8, 4) is 11.5 Å². The molecule has 0 saturated carbocycles. The van der Waals surface area contributed by atoms with Crippen molar-refractivity contribution in [1.82, 2.24) is 10.3 Å². The summed E-state index contributed by atoms with van der Waals surface area (Å²) in [7, 11) is -3.92. The summed E-state index contributed by atoms with van der Waals surface area (Å²) in [5.74, 6) is 0.367. The van der Waals surface area contributed by atoms with Crippen LogP contribution < -0.4 is 19.7 Å². The first kappa shape index (κ1) is 17.7. The zero-order valence-corrected chi connectivity index (χ0v) is 15.4. The molecule has 2 N–H and O–H groups in total. The van der Waals surface area contributed by atoms with Crippen LogP contribution in [0.3, 0.4) is 0 Å². The molecule has 0 spiro atoms. The number of nitrogens with one attached hydrogen (secondary N) is 2. The molecule has 1 aromatic carbocycles. The van der Waals surface area contributed by atoms with Gasteiger partial charge in [-0.3, -0.25) is 10.2 Å². The number of carbonyl (C=O) groups is 1. The fourth-order valence-electron chi connectivity index (χ4n) is 2.41. The average Bonchev–Trinajstić information content (AvgIpc) is 3.00. The van der Waals surface area contributed by atoms with E-state index in [4.69, 9.17) is 9.47 Å². The molecule has 9 heteroatoms. The molecule has 2 heterocycles. The number of rotatable bonds is 5. The van der Waals surface area contributed by atoms with E-state index in [2.05, 4.69) is 10.3 Å². The van der Waals surface area contributed by atoms with Gasteiger partial charge in [-0.05, 0) is 37.1 Å². The van der Waals surface area contributed by atoms with E-state index in [1.807, 2.05) is 13.8 Å². The monoisotopic (exact) mass is 382 g/mol. The van der Waals surface area contributed by atoms with Gasteiger partial charge in [-0.1, -0.05) is 6.92 Å². The van der Waals surface area contributed by atoms with Crippen molar-refractivity contribution in [2.24, 2.45) is 0 Å². The first-order valence-corrected chi connectivity index (χ1v) is 10.0. The minimum atomic E-state index is -3.92. The number of ether oxygens (including phenoxy) is 2. The van der Waals surface area contributed by atoms with Gasteiger partial charge in [0.2, 0.25) is 0 Å². The van der Waals surface area contributed by atoms with Gasteiger partial charge < -0.3 is 9.47 Å². The lowest BCUT2D eigenvalue weighted by Gasteiger charge is -2.18. The Morgan fingerprint density at radius 3 is 2.60 bits per heavy atom. The lowest BCUT2D eigenvalue weighted by molar-refractivity contribution is 0.0949. The number of sulfonamides is 1. The maximum absolute atomic E-state index is 12.4. The number of hydrazine groups is 1. The van der Waals surface area contributed by atoms with Crippen LogP contribution in [0.15, 0.2) is 29.2 Å². The van der Waals surface area contributed by atoms with Crippen LogP contribution in [0.2, 0.25) is 0 Å². The third kappa shape index (κ3) is 3.78. The van der Waals surface area contributed by atoms with Gasteiger partial charge in [-0.15, -0.1) is 16.2 Å². The first-order chi connectivity index (χ1) is 11.9. The van der Waals surface area contributed by atoms with Gasteiger partial charge in [0.25, 0.3) is 15.9 Å². The summed E-state index contributed by atoms with van der Waals surface area (Å²) in [6, 6.07) is 6.04. The van der Waals surface area contributed by atoms with E-state index in [-0.39, 0.29) is 4.90 Å². The highest BCUT2D eigenvalue weighted by molar-refractivity contribution is 7.89. The van der Waals surface area contributed by atoms with Gasteiger partial charge in [0.1, 0.15) is 13.2 Å². The molecule has 0 radical (unpaired) electrons. The van der Waals surface area contributed by atoms with Crippen LogP contribution in [-0.2, 0) is 16.4 Å². The van der Waals surface area contributed by atoms with Gasteiger partial charge in [0, 0.05) is 10.9 Å². The minimum Gasteiger partial charge on any atom is -0.486 e. The Balaban J connectivity index is 1.72. The number of hydrogen-bond donors (Lipinski definition) is 2. The van der Waals surface area contributed by atoms with Crippen LogP contribution >= 0.6 is 11.3 Å². The molecule has 0 fully saturated rings. The highest BCUT2D eigenvalue weighted by Gasteiger charge is 2.21. The highest BCUT2D eigenvalue weighted by atomic mass is 32.2. The fraction of sp³-hybridized carbons (Fsp3) is 0.312. The average molecular weight is 382 g/mol. The molecule has 0 saturated heterocycles. The van der Waals surface area contributed by atoms with Crippen molar-refractivity contribution >= 4 is 27.3 Å². The van der Waals surface area contributed by atoms with Crippen molar-refractivity contribution in [3.05, 3.63) is 39.6 Å². The van der Waals surface area contributed by atoms with Crippen LogP contribution in [0.4, 0.5) is 0 Å². The molecule has 1 aliphatic heterocycles. The van der Waals surface area contributed by atoms with Crippen molar-refractivity contribution in [1.29, 1.82) is 0 Å². The summed E-state index contributed by atoms with van der Waals surface area (Å²) in [4.78, 5) is 15.8. The number of fused-ring (bicyclic) bond motifs is 1. The quantitative estimate of drug-likeness (QED) is 0.772. The molecule has 3 rings (SSSR count). The van der Waals surface area contributed by atoms with Crippen LogP contribution in [0.25, 0.3) is 0 Å². The predicted octanol–water partition coefficient (Wildman–Crippen LogP) is 2.01. The number of carbonyl (C=O) groups excluding carboxylic acids is 1. The molecule has 134 valence electrons. The summed E-state index contributed by atoms with van der Waals surface area (Å²) >= 11 is 1.35. The Kier molecular flexibility index (Phi) is 4.98. The predicted molar refractivity (Wildman–Crippen MR) is 93.7 cm³/mol. The lowest BCUT2D eigenvalue weighted by Crippen LogP contribution is -2.41. The van der Waals surface area contributed by atoms with Crippen LogP contribution in [-0.4, -0.2) is 27.5 Å². The zero-order valence-electron chi connectivity index (χ0n) is 13.8. The Morgan fingerprint density at radius 2 is 1.92 bits per heavy atom. The SMILES string of the molecule is CCc1sc(C(=O)NNS(=O)(=O)c2ccc3c(c2)OCCO3)cc1C. The number of benzene rings is 1. The summed E-state index contributed by atoms with van der Waals surface area (Å²) < 4.78 is 35.5. The minimum absolute atomic E-state index is 0.0198. The van der Waals surface area contributed by atoms with Crippen LogP contribution in [0, 0.1) is 6.92 Å². The fourth-order valence-corrected chi connectivity index (χ4v) is 4.27. The summed E-state index contributed by atoms with van der Waals surface area (Å²) in [5.41, 5.74) is 3.26. The first-order valence-electron chi connectivity index (χ1n) is 7.72. The van der Waals surface area contributed by atoms with Crippen molar-refractivity contribution in [3.63, 3.8) is 0 Å². The van der Waals surface area contributed by atoms with Crippen LogP contribution in [0.5, 0.6) is 11.5 Å². The van der Waals surface area contributed by atoms with Crippen molar-refractivity contribution in [2.45, 2.75) is 25.2 Å². The molecule has 2 aromatic rings. The maximum Gasteiger partial charge on any atom is 0.276 e. The van der Waals surface area contributed by atoms with E-state index in [9.17, 15) is 13.2 Å². The molecular formula is C16H18N2O5S2. The number of aryl methyl sites for hydroxylation is 2. The number of hydrogen-bond acceptors (Lipinski definition) is 6. The molecular weight excluding hydrogens is 364 g/mol. The smallest absolute Gasteiger partial charge is 0.276 e. The van der Waals surface area contributed by atoms with E-state index < -0.39 is 15.9 Å². The lowest BCUT2D eigenvalue weighted by atomic mass is 10.2. The third-order valence-electron chi connectivity index (χ3n) is 3.69. The van der Waals surface area contributed by atoms with Gasteiger partial charge in [-0.25, -0.2) is 8.42 Å². The number of amides is 1. The second kappa shape index (κ2) is 7.03. The molecule has 25 heavy (non-hydrogen) atoms. The van der Waals surface area contributed by atoms with E-state index in [1.54, 1.807) is 6.07 Å². The van der Waals surface area contributed by atoms with Gasteiger partial charge in [-0.2, -0.15) is 0 Å². The van der Waals surface area contributed by atoms with Gasteiger partial charge in [0.05, 0.1) is 9.77 Å².